The van der Waals surface area contributed by atoms with Gasteiger partial charge >= 0.3 is 0 Å². The number of hydrogen-bond acceptors (Lipinski definition) is 5. The summed E-state index contributed by atoms with van der Waals surface area (Å²) in [6.45, 7) is 3.93. The number of amides is 1. The molecule has 0 saturated carbocycles. The van der Waals surface area contributed by atoms with Crippen molar-refractivity contribution in [2.45, 2.75) is 44.4 Å². The third kappa shape index (κ3) is 3.94. The predicted octanol–water partition coefficient (Wildman–Crippen LogP) is 1.52. The first-order chi connectivity index (χ1) is 12.8. The fourth-order valence-electron chi connectivity index (χ4n) is 3.89. The second-order valence-electron chi connectivity index (χ2n) is 7.04. The van der Waals surface area contributed by atoms with Gasteiger partial charge in [-0.3, -0.25) is 19.4 Å². The van der Waals surface area contributed by atoms with E-state index in [-0.39, 0.29) is 11.9 Å². The van der Waals surface area contributed by atoms with E-state index in [4.69, 9.17) is 4.74 Å². The molecule has 0 bridgehead atoms. The molecule has 2 aromatic rings. The van der Waals surface area contributed by atoms with Gasteiger partial charge in [0.25, 0.3) is 0 Å². The smallest absolute Gasteiger partial charge is 0.222 e. The molecule has 138 valence electrons. The summed E-state index contributed by atoms with van der Waals surface area (Å²) >= 11 is 0. The van der Waals surface area contributed by atoms with Crippen molar-refractivity contribution in [1.82, 2.24) is 25.0 Å². The van der Waals surface area contributed by atoms with Crippen LogP contribution in [0.25, 0.3) is 0 Å². The van der Waals surface area contributed by atoms with E-state index in [1.54, 1.807) is 12.4 Å². The molecule has 1 fully saturated rings. The largest absolute Gasteiger partial charge is 0.381 e. The lowest BCUT2D eigenvalue weighted by Crippen LogP contribution is -2.46. The highest BCUT2D eigenvalue weighted by Crippen LogP contribution is 2.27. The second kappa shape index (κ2) is 7.97. The normalized spacial score (nSPS) is 21.3. The summed E-state index contributed by atoms with van der Waals surface area (Å²) in [4.78, 5) is 19.1. The number of nitrogens with one attached hydrogen (secondary N) is 1. The van der Waals surface area contributed by atoms with Gasteiger partial charge in [-0.25, -0.2) is 0 Å². The second-order valence-corrected chi connectivity index (χ2v) is 7.04. The lowest BCUT2D eigenvalue weighted by atomic mass is 10.0. The van der Waals surface area contributed by atoms with Gasteiger partial charge in [0.1, 0.15) is 0 Å². The molecule has 2 aromatic heterocycles. The third-order valence-corrected chi connectivity index (χ3v) is 5.25. The van der Waals surface area contributed by atoms with Crippen LogP contribution in [0.2, 0.25) is 0 Å². The van der Waals surface area contributed by atoms with Crippen molar-refractivity contribution in [2.24, 2.45) is 0 Å². The lowest BCUT2D eigenvalue weighted by Gasteiger charge is -2.40. The Bertz CT molecular complexity index is 727. The molecule has 26 heavy (non-hydrogen) atoms. The van der Waals surface area contributed by atoms with E-state index in [0.29, 0.717) is 19.0 Å². The molecule has 4 heterocycles. The van der Waals surface area contributed by atoms with Gasteiger partial charge in [0.15, 0.2) is 0 Å². The first kappa shape index (κ1) is 17.2. The minimum absolute atomic E-state index is 0.0501. The highest BCUT2D eigenvalue weighted by Gasteiger charge is 2.31. The number of carbonyl (C=O) groups excluding carboxylic acids is 1. The fourth-order valence-corrected chi connectivity index (χ4v) is 3.89. The standard InChI is InChI=1S/C19H25N5O2/c25-19(21-12-15-2-1-6-20-11-15)10-18-14-23(16-4-8-26-9-5-16)13-17-3-7-22-24(17)18/h1-3,6-7,11,16,18H,4-5,8-10,12-14H2,(H,21,25)/t18-/m0/s1. The van der Waals surface area contributed by atoms with Gasteiger partial charge in [0.2, 0.25) is 5.91 Å². The van der Waals surface area contributed by atoms with E-state index in [1.807, 2.05) is 23.0 Å². The van der Waals surface area contributed by atoms with Gasteiger partial charge < -0.3 is 10.1 Å². The van der Waals surface area contributed by atoms with Crippen LogP contribution in [0.4, 0.5) is 0 Å². The Kier molecular flexibility index (Phi) is 5.26. The molecule has 1 atom stereocenters. The maximum Gasteiger partial charge on any atom is 0.222 e. The number of nitrogens with zero attached hydrogens (tertiary/aromatic N) is 4. The van der Waals surface area contributed by atoms with E-state index in [9.17, 15) is 4.79 Å². The molecule has 0 spiro atoms. The van der Waals surface area contributed by atoms with E-state index >= 15 is 0 Å². The molecule has 0 aliphatic carbocycles. The minimum Gasteiger partial charge on any atom is -0.381 e. The third-order valence-electron chi connectivity index (χ3n) is 5.25. The van der Waals surface area contributed by atoms with Crippen LogP contribution in [-0.4, -0.2) is 51.4 Å². The van der Waals surface area contributed by atoms with Crippen molar-refractivity contribution < 1.29 is 9.53 Å². The quantitative estimate of drug-likeness (QED) is 0.880. The zero-order valence-corrected chi connectivity index (χ0v) is 14.9. The molecule has 2 aliphatic rings. The number of carbonyl (C=O) groups is 1. The van der Waals surface area contributed by atoms with Gasteiger partial charge in [0.05, 0.1) is 18.2 Å². The molecular weight excluding hydrogens is 330 g/mol. The van der Waals surface area contributed by atoms with Gasteiger partial charge in [-0.05, 0) is 30.5 Å². The van der Waals surface area contributed by atoms with Crippen molar-refractivity contribution in [2.75, 3.05) is 19.8 Å². The van der Waals surface area contributed by atoms with Crippen LogP contribution in [0.5, 0.6) is 0 Å². The molecule has 0 radical (unpaired) electrons. The monoisotopic (exact) mass is 355 g/mol. The molecule has 7 heteroatoms. The maximum absolute atomic E-state index is 12.5. The zero-order valence-electron chi connectivity index (χ0n) is 14.9. The Morgan fingerprint density at radius 2 is 2.15 bits per heavy atom. The molecule has 0 unspecified atom stereocenters. The molecule has 4 rings (SSSR count). The molecule has 0 aromatic carbocycles. The lowest BCUT2D eigenvalue weighted by molar-refractivity contribution is -0.122. The Balaban J connectivity index is 1.39. The van der Waals surface area contributed by atoms with E-state index in [0.717, 1.165) is 44.7 Å². The van der Waals surface area contributed by atoms with Gasteiger partial charge in [0, 0.05) is 57.5 Å². The van der Waals surface area contributed by atoms with Gasteiger partial charge in [-0.1, -0.05) is 6.07 Å². The molecular formula is C19H25N5O2. The van der Waals surface area contributed by atoms with Crippen LogP contribution in [0.3, 0.4) is 0 Å². The zero-order chi connectivity index (χ0) is 17.8. The van der Waals surface area contributed by atoms with Crippen LogP contribution >= 0.6 is 0 Å². The van der Waals surface area contributed by atoms with Crippen molar-refractivity contribution in [3.8, 4) is 0 Å². The number of pyridine rings is 1. The first-order valence-corrected chi connectivity index (χ1v) is 9.29. The number of fused-ring (bicyclic) bond motifs is 1. The fraction of sp³-hybridized carbons (Fsp3) is 0.526. The minimum atomic E-state index is 0.0501. The molecule has 1 N–H and O–H groups in total. The number of hydrogen-bond donors (Lipinski definition) is 1. The first-order valence-electron chi connectivity index (χ1n) is 9.29. The van der Waals surface area contributed by atoms with E-state index < -0.39 is 0 Å². The number of aromatic nitrogens is 3. The summed E-state index contributed by atoms with van der Waals surface area (Å²) in [5.74, 6) is 0.0501. The summed E-state index contributed by atoms with van der Waals surface area (Å²) in [6, 6.07) is 6.52. The maximum atomic E-state index is 12.5. The van der Waals surface area contributed by atoms with Crippen LogP contribution in [-0.2, 0) is 22.6 Å². The number of ether oxygens (including phenoxy) is 1. The average Bonchev–Trinajstić information content (AvgIpc) is 3.17. The SMILES string of the molecule is O=C(C[C@H]1CN(C2CCOCC2)Cc2ccnn21)NCc1cccnc1. The highest BCUT2D eigenvalue weighted by molar-refractivity contribution is 5.76. The van der Waals surface area contributed by atoms with Gasteiger partial charge in [-0.15, -0.1) is 0 Å². The summed E-state index contributed by atoms with van der Waals surface area (Å²) in [7, 11) is 0. The molecule has 2 aliphatic heterocycles. The van der Waals surface area contributed by atoms with Crippen molar-refractivity contribution in [3.05, 3.63) is 48.0 Å². The highest BCUT2D eigenvalue weighted by atomic mass is 16.5. The molecule has 1 saturated heterocycles. The van der Waals surface area contributed by atoms with E-state index in [1.165, 1.54) is 5.69 Å². The van der Waals surface area contributed by atoms with Crippen LogP contribution in [0.1, 0.15) is 36.6 Å². The Hall–Kier alpha value is -2.25. The van der Waals surface area contributed by atoms with Crippen molar-refractivity contribution in [3.63, 3.8) is 0 Å². The Morgan fingerprint density at radius 1 is 1.27 bits per heavy atom. The van der Waals surface area contributed by atoms with Crippen molar-refractivity contribution in [1.29, 1.82) is 0 Å². The summed E-state index contributed by atoms with van der Waals surface area (Å²) in [6.07, 6.45) is 7.91. The predicted molar refractivity (Wildman–Crippen MR) is 96.2 cm³/mol. The summed E-state index contributed by atoms with van der Waals surface area (Å²) in [5, 5.41) is 7.47. The van der Waals surface area contributed by atoms with Crippen LogP contribution in [0.15, 0.2) is 36.8 Å². The Morgan fingerprint density at radius 3 is 2.96 bits per heavy atom. The summed E-state index contributed by atoms with van der Waals surface area (Å²) in [5.41, 5.74) is 2.20. The average molecular weight is 355 g/mol. The molecule has 7 nitrogen and oxygen atoms in total. The number of rotatable bonds is 5. The molecule has 1 amide bonds. The Labute approximate surface area is 153 Å². The van der Waals surface area contributed by atoms with Crippen molar-refractivity contribution >= 4 is 5.91 Å². The van der Waals surface area contributed by atoms with Gasteiger partial charge in [-0.2, -0.15) is 5.10 Å². The van der Waals surface area contributed by atoms with E-state index in [2.05, 4.69) is 26.4 Å². The summed E-state index contributed by atoms with van der Waals surface area (Å²) < 4.78 is 7.52. The topological polar surface area (TPSA) is 72.3 Å². The van der Waals surface area contributed by atoms with Crippen LogP contribution < -0.4 is 5.32 Å². The van der Waals surface area contributed by atoms with Crippen LogP contribution in [0, 0.1) is 0 Å².